The molecule has 118 valence electrons. The summed E-state index contributed by atoms with van der Waals surface area (Å²) in [5, 5.41) is 2.55. The molecule has 2 N–H and O–H groups in total. The number of hydrogen-bond acceptors (Lipinski definition) is 4. The molecule has 8 heteroatoms. The van der Waals surface area contributed by atoms with Crippen molar-refractivity contribution in [1.82, 2.24) is 10.0 Å². The molecule has 0 bridgehead atoms. The van der Waals surface area contributed by atoms with Crippen LogP contribution in [-0.4, -0.2) is 41.1 Å². The molecule has 0 spiro atoms. The van der Waals surface area contributed by atoms with Crippen LogP contribution in [0.3, 0.4) is 0 Å². The maximum atomic E-state index is 13.4. The van der Waals surface area contributed by atoms with Crippen LogP contribution in [0.5, 0.6) is 0 Å². The topological polar surface area (TPSA) is 84.5 Å². The summed E-state index contributed by atoms with van der Waals surface area (Å²) >= 11 is 0. The summed E-state index contributed by atoms with van der Waals surface area (Å²) in [6, 6.07) is 5.61. The van der Waals surface area contributed by atoms with E-state index in [1.165, 1.54) is 18.2 Å². The fourth-order valence-electron chi connectivity index (χ4n) is 1.55. The zero-order valence-corrected chi connectivity index (χ0v) is 12.6. The molecule has 0 heterocycles. The Morgan fingerprint density at radius 2 is 2.05 bits per heavy atom. The number of carbonyl (C=O) groups excluding carboxylic acids is 1. The van der Waals surface area contributed by atoms with E-state index in [0.29, 0.717) is 19.6 Å². The second-order valence-electron chi connectivity index (χ2n) is 4.37. The SMILES string of the molecule is COCCCNC(=O)CNS(=O)(=O)Cc1ccccc1F. The smallest absolute Gasteiger partial charge is 0.235 e. The normalized spacial score (nSPS) is 11.3. The molecule has 0 aliphatic rings. The molecule has 1 rings (SSSR count). The predicted molar refractivity (Wildman–Crippen MR) is 76.5 cm³/mol. The zero-order valence-electron chi connectivity index (χ0n) is 11.8. The van der Waals surface area contributed by atoms with Gasteiger partial charge in [-0.05, 0) is 12.5 Å². The maximum Gasteiger partial charge on any atom is 0.235 e. The number of ether oxygens (including phenoxy) is 1. The van der Waals surface area contributed by atoms with Gasteiger partial charge in [-0.3, -0.25) is 4.79 Å². The van der Waals surface area contributed by atoms with Crippen LogP contribution < -0.4 is 10.0 Å². The van der Waals surface area contributed by atoms with Crippen molar-refractivity contribution in [3.63, 3.8) is 0 Å². The molecule has 1 aromatic carbocycles. The summed E-state index contributed by atoms with van der Waals surface area (Å²) in [5.41, 5.74) is 0.0607. The Morgan fingerprint density at radius 3 is 2.71 bits per heavy atom. The van der Waals surface area contributed by atoms with Gasteiger partial charge < -0.3 is 10.1 Å². The summed E-state index contributed by atoms with van der Waals surface area (Å²) in [6.45, 7) is 0.546. The fraction of sp³-hybridized carbons (Fsp3) is 0.462. The van der Waals surface area contributed by atoms with E-state index >= 15 is 0 Å². The summed E-state index contributed by atoms with van der Waals surface area (Å²) in [7, 11) is -2.21. The van der Waals surface area contributed by atoms with E-state index < -0.39 is 27.5 Å². The zero-order chi connectivity index (χ0) is 15.7. The number of hydrogen-bond donors (Lipinski definition) is 2. The third-order valence-corrected chi connectivity index (χ3v) is 3.88. The van der Waals surface area contributed by atoms with Crippen LogP contribution >= 0.6 is 0 Å². The standard InChI is InChI=1S/C13H19FN2O4S/c1-20-8-4-7-15-13(17)9-16-21(18,19)10-11-5-2-3-6-12(11)14/h2-3,5-6,16H,4,7-10H2,1H3,(H,15,17). The van der Waals surface area contributed by atoms with Crippen LogP contribution in [-0.2, 0) is 25.3 Å². The molecular formula is C13H19FN2O4S. The number of amides is 1. The third-order valence-electron chi connectivity index (χ3n) is 2.60. The molecule has 0 aliphatic heterocycles. The van der Waals surface area contributed by atoms with Crippen molar-refractivity contribution < 1.29 is 22.3 Å². The highest BCUT2D eigenvalue weighted by Gasteiger charge is 2.15. The highest BCUT2D eigenvalue weighted by molar-refractivity contribution is 7.88. The molecule has 0 saturated carbocycles. The van der Waals surface area contributed by atoms with Crippen LogP contribution in [0.25, 0.3) is 0 Å². The lowest BCUT2D eigenvalue weighted by molar-refractivity contribution is -0.120. The monoisotopic (exact) mass is 318 g/mol. The first-order chi connectivity index (χ1) is 9.94. The van der Waals surface area contributed by atoms with Crippen molar-refractivity contribution >= 4 is 15.9 Å². The molecule has 0 radical (unpaired) electrons. The molecule has 1 aromatic rings. The van der Waals surface area contributed by atoms with Gasteiger partial charge in [0.25, 0.3) is 0 Å². The second-order valence-corrected chi connectivity index (χ2v) is 6.17. The average molecular weight is 318 g/mol. The Labute approximate surface area is 123 Å². The van der Waals surface area contributed by atoms with E-state index in [2.05, 4.69) is 10.0 Å². The Balaban J connectivity index is 2.39. The van der Waals surface area contributed by atoms with E-state index in [4.69, 9.17) is 4.74 Å². The number of halogens is 1. The first kappa shape index (κ1) is 17.5. The van der Waals surface area contributed by atoms with Crippen LogP contribution in [0.15, 0.2) is 24.3 Å². The molecule has 0 fully saturated rings. The molecular weight excluding hydrogens is 299 g/mol. The van der Waals surface area contributed by atoms with Crippen molar-refractivity contribution in [2.75, 3.05) is 26.8 Å². The number of carbonyl (C=O) groups is 1. The van der Waals surface area contributed by atoms with Gasteiger partial charge in [0.15, 0.2) is 0 Å². The van der Waals surface area contributed by atoms with E-state index in [1.54, 1.807) is 13.2 Å². The van der Waals surface area contributed by atoms with Crippen molar-refractivity contribution in [3.8, 4) is 0 Å². The lowest BCUT2D eigenvalue weighted by Crippen LogP contribution is -2.38. The van der Waals surface area contributed by atoms with Crippen LogP contribution in [0.2, 0.25) is 0 Å². The molecule has 0 atom stereocenters. The van der Waals surface area contributed by atoms with Gasteiger partial charge in [-0.15, -0.1) is 0 Å². The van der Waals surface area contributed by atoms with Crippen molar-refractivity contribution in [2.24, 2.45) is 0 Å². The van der Waals surface area contributed by atoms with Gasteiger partial charge in [-0.1, -0.05) is 18.2 Å². The largest absolute Gasteiger partial charge is 0.385 e. The minimum absolute atomic E-state index is 0.0607. The van der Waals surface area contributed by atoms with E-state index in [9.17, 15) is 17.6 Å². The second kappa shape index (κ2) is 8.71. The minimum atomic E-state index is -3.76. The number of benzene rings is 1. The summed E-state index contributed by atoms with van der Waals surface area (Å²) in [6.07, 6.45) is 0.643. The van der Waals surface area contributed by atoms with E-state index in [-0.39, 0.29) is 12.1 Å². The van der Waals surface area contributed by atoms with Gasteiger partial charge in [-0.2, -0.15) is 0 Å². The van der Waals surface area contributed by atoms with Crippen LogP contribution in [0, 0.1) is 5.82 Å². The molecule has 21 heavy (non-hydrogen) atoms. The average Bonchev–Trinajstić information content (AvgIpc) is 2.44. The molecule has 0 unspecified atom stereocenters. The Kier molecular flexibility index (Phi) is 7.27. The van der Waals surface area contributed by atoms with Gasteiger partial charge in [0.1, 0.15) is 5.82 Å². The van der Waals surface area contributed by atoms with Crippen LogP contribution in [0.1, 0.15) is 12.0 Å². The van der Waals surface area contributed by atoms with Crippen LogP contribution in [0.4, 0.5) is 4.39 Å². The summed E-state index contributed by atoms with van der Waals surface area (Å²) < 4.78 is 43.8. The molecule has 0 aromatic heterocycles. The number of methoxy groups -OCH3 is 1. The van der Waals surface area contributed by atoms with Crippen molar-refractivity contribution in [1.29, 1.82) is 0 Å². The molecule has 0 aliphatic carbocycles. The number of rotatable bonds is 9. The lowest BCUT2D eigenvalue weighted by atomic mass is 10.2. The quantitative estimate of drug-likeness (QED) is 0.646. The Morgan fingerprint density at radius 1 is 1.33 bits per heavy atom. The van der Waals surface area contributed by atoms with E-state index in [0.717, 1.165) is 0 Å². The molecule has 0 saturated heterocycles. The van der Waals surface area contributed by atoms with Gasteiger partial charge >= 0.3 is 0 Å². The Hall–Kier alpha value is -1.51. The third kappa shape index (κ3) is 7.16. The van der Waals surface area contributed by atoms with Gasteiger partial charge in [0, 0.05) is 25.8 Å². The first-order valence-electron chi connectivity index (χ1n) is 6.41. The molecule has 1 amide bonds. The number of sulfonamides is 1. The highest BCUT2D eigenvalue weighted by Crippen LogP contribution is 2.09. The van der Waals surface area contributed by atoms with Crippen molar-refractivity contribution in [3.05, 3.63) is 35.6 Å². The van der Waals surface area contributed by atoms with Gasteiger partial charge in [0.2, 0.25) is 15.9 Å². The maximum absolute atomic E-state index is 13.4. The summed E-state index contributed by atoms with van der Waals surface area (Å²) in [5.74, 6) is -1.54. The minimum Gasteiger partial charge on any atom is -0.385 e. The van der Waals surface area contributed by atoms with Crippen molar-refractivity contribution in [2.45, 2.75) is 12.2 Å². The van der Waals surface area contributed by atoms with E-state index in [1.807, 2.05) is 0 Å². The first-order valence-corrected chi connectivity index (χ1v) is 8.06. The lowest BCUT2D eigenvalue weighted by Gasteiger charge is -2.08. The van der Waals surface area contributed by atoms with Gasteiger partial charge in [0.05, 0.1) is 12.3 Å². The fourth-order valence-corrected chi connectivity index (χ4v) is 2.65. The number of nitrogens with one attached hydrogen (secondary N) is 2. The predicted octanol–water partition coefficient (Wildman–Crippen LogP) is 0.398. The highest BCUT2D eigenvalue weighted by atomic mass is 32.2. The summed E-state index contributed by atoms with van der Waals surface area (Å²) in [4.78, 5) is 11.4. The van der Waals surface area contributed by atoms with Gasteiger partial charge in [-0.25, -0.2) is 17.5 Å². The molecule has 6 nitrogen and oxygen atoms in total. The Bertz CT molecular complexity index is 563.